The van der Waals surface area contributed by atoms with Crippen molar-refractivity contribution in [3.63, 3.8) is 0 Å². The number of amides is 1. The molecule has 1 amide bonds. The molecule has 10 heteroatoms. The van der Waals surface area contributed by atoms with Crippen LogP contribution in [0.2, 0.25) is 0 Å². The van der Waals surface area contributed by atoms with Gasteiger partial charge >= 0.3 is 6.01 Å². The third kappa shape index (κ3) is 5.00. The van der Waals surface area contributed by atoms with E-state index in [1.807, 2.05) is 17.9 Å². The van der Waals surface area contributed by atoms with E-state index >= 15 is 0 Å². The third-order valence-corrected chi connectivity index (χ3v) is 10.6. The highest BCUT2D eigenvalue weighted by Crippen LogP contribution is 2.71. The van der Waals surface area contributed by atoms with Crippen LogP contribution in [0.3, 0.4) is 0 Å². The van der Waals surface area contributed by atoms with Crippen molar-refractivity contribution >= 4 is 11.6 Å². The van der Waals surface area contributed by atoms with Crippen molar-refractivity contribution < 1.29 is 18.4 Å². The van der Waals surface area contributed by atoms with Crippen LogP contribution in [0.5, 0.6) is 6.01 Å². The van der Waals surface area contributed by atoms with Crippen LogP contribution in [0.25, 0.3) is 11.1 Å². The summed E-state index contributed by atoms with van der Waals surface area (Å²) in [5.74, 6) is 1.59. The lowest BCUT2D eigenvalue weighted by Crippen LogP contribution is -2.65. The second-order valence-corrected chi connectivity index (χ2v) is 14.9. The molecule has 0 saturated heterocycles. The number of ether oxygens (including phenoxy) is 1. The van der Waals surface area contributed by atoms with Gasteiger partial charge in [0.2, 0.25) is 11.8 Å². The van der Waals surface area contributed by atoms with Gasteiger partial charge in [0.05, 0.1) is 18.5 Å². The molecule has 6 aliphatic rings. The minimum Gasteiger partial charge on any atom is -0.464 e. The van der Waals surface area contributed by atoms with Gasteiger partial charge in [-0.15, -0.1) is 0 Å². The van der Waals surface area contributed by atoms with Crippen molar-refractivity contribution in [1.82, 2.24) is 25.1 Å². The summed E-state index contributed by atoms with van der Waals surface area (Å²) in [6, 6.07) is 2.33. The Balaban J connectivity index is 1.13. The van der Waals surface area contributed by atoms with Gasteiger partial charge in [-0.1, -0.05) is 25.9 Å². The minimum absolute atomic E-state index is 0.00326. The molecule has 9 nitrogen and oxygen atoms in total. The van der Waals surface area contributed by atoms with Crippen LogP contribution >= 0.6 is 0 Å². The summed E-state index contributed by atoms with van der Waals surface area (Å²) in [6.45, 7) is 9.32. The highest BCUT2D eigenvalue weighted by molar-refractivity contribution is 5.94. The molecule has 0 atom stereocenters. The van der Waals surface area contributed by atoms with Crippen LogP contribution in [-0.4, -0.2) is 49.8 Å². The quantitative estimate of drug-likeness (QED) is 0.278. The number of hydrogen-bond donors (Lipinski definition) is 0. The van der Waals surface area contributed by atoms with E-state index in [0.717, 1.165) is 67.1 Å². The van der Waals surface area contributed by atoms with E-state index < -0.39 is 5.67 Å². The van der Waals surface area contributed by atoms with Crippen LogP contribution in [-0.2, 0) is 15.6 Å². The van der Waals surface area contributed by atoms with Crippen molar-refractivity contribution in [2.45, 2.75) is 108 Å². The molecule has 228 valence electrons. The van der Waals surface area contributed by atoms with Crippen LogP contribution in [0.1, 0.15) is 104 Å². The molecule has 0 N–H and O–H groups in total. The fourth-order valence-corrected chi connectivity index (χ4v) is 8.09. The number of carbonyl (C=O) groups is 1. The molecular weight excluding hydrogens is 547 g/mol. The molecule has 0 unspecified atom stereocenters. The number of halogens is 1. The Hall–Kier alpha value is -3.43. The molecular formula is C33H41FN6O3. The van der Waals surface area contributed by atoms with E-state index in [1.165, 1.54) is 0 Å². The Labute approximate surface area is 252 Å². The molecule has 43 heavy (non-hydrogen) atoms. The summed E-state index contributed by atoms with van der Waals surface area (Å²) in [5, 5.41) is 4.32. The van der Waals surface area contributed by atoms with Gasteiger partial charge in [-0.25, -0.2) is 14.4 Å². The summed E-state index contributed by atoms with van der Waals surface area (Å²) >= 11 is 0. The van der Waals surface area contributed by atoms with Gasteiger partial charge in [0, 0.05) is 53.5 Å². The summed E-state index contributed by atoms with van der Waals surface area (Å²) in [5.41, 5.74) is 0.962. The molecule has 4 bridgehead atoms. The first-order chi connectivity index (χ1) is 20.4. The highest BCUT2D eigenvalue weighted by atomic mass is 19.1. The third-order valence-electron chi connectivity index (χ3n) is 10.6. The first-order valence-electron chi connectivity index (χ1n) is 15.7. The molecule has 6 aliphatic carbocycles. The number of rotatable bonds is 9. The summed E-state index contributed by atoms with van der Waals surface area (Å²) in [7, 11) is 0. The fraction of sp³-hybridized carbons (Fsp3) is 0.636. The van der Waals surface area contributed by atoms with Gasteiger partial charge in [-0.05, 0) is 81.6 Å². The zero-order chi connectivity index (χ0) is 30.1. The van der Waals surface area contributed by atoms with E-state index in [2.05, 4.69) is 40.9 Å². The lowest BCUT2D eigenvalue weighted by molar-refractivity contribution is -0.215. The lowest BCUT2D eigenvalue weighted by atomic mass is 9.41. The number of alkyl halides is 1. The molecule has 9 rings (SSSR count). The molecule has 0 spiro atoms. The number of fused-ring (bicyclic) bond motifs is 3. The topological polar surface area (TPSA) is 107 Å². The van der Waals surface area contributed by atoms with E-state index in [-0.39, 0.29) is 27.6 Å². The van der Waals surface area contributed by atoms with E-state index in [1.54, 1.807) is 24.8 Å². The average molecular weight is 589 g/mol. The Bertz CT molecular complexity index is 1490. The maximum Gasteiger partial charge on any atom is 0.316 e. The normalized spacial score (nSPS) is 30.8. The molecule has 6 saturated carbocycles. The predicted molar refractivity (Wildman–Crippen MR) is 158 cm³/mol. The number of carbonyl (C=O) groups excluding carboxylic acids is 1. The van der Waals surface area contributed by atoms with Crippen LogP contribution in [0.4, 0.5) is 10.1 Å². The molecule has 0 aromatic carbocycles. The van der Waals surface area contributed by atoms with Crippen molar-refractivity contribution in [3.8, 4) is 17.1 Å². The number of nitrogens with zero attached hydrogens (tertiary/aromatic N) is 6. The average Bonchev–Trinajstić information content (AvgIpc) is 3.49. The summed E-state index contributed by atoms with van der Waals surface area (Å²) < 4.78 is 25.6. The molecule has 0 radical (unpaired) electrons. The molecule has 3 heterocycles. The molecule has 3 aromatic heterocycles. The first kappa shape index (κ1) is 28.3. The molecule has 6 fully saturated rings. The molecule has 3 aromatic rings. The number of anilines is 1. The second-order valence-electron chi connectivity index (χ2n) is 14.9. The van der Waals surface area contributed by atoms with E-state index in [0.29, 0.717) is 44.8 Å². The van der Waals surface area contributed by atoms with Crippen molar-refractivity contribution in [3.05, 3.63) is 42.6 Å². The second kappa shape index (κ2) is 9.79. The zero-order valence-electron chi connectivity index (χ0n) is 25.7. The zero-order valence-corrected chi connectivity index (χ0v) is 25.7. The van der Waals surface area contributed by atoms with Gasteiger partial charge in [0.1, 0.15) is 5.67 Å². The Kier molecular flexibility index (Phi) is 6.45. The smallest absolute Gasteiger partial charge is 0.316 e. The maximum absolute atomic E-state index is 14.4. The standard InChI is InChI=1S/C33H41FN6O3/c1-5-42-28-36-15-23(16-37-28)22-12-24(17-35-14-22)40(25(41)13-31-18-33(34,19-31)20-31)21-30-6-9-32(10-7-30,11-8-30)27-38-26(39-43-27)29(2,3)4/h12,14-17H,5-11,13,18-21H2,1-4H3. The SMILES string of the molecule is CCOc1ncc(-c2cncc(N(CC34CCC(c5nc(C(C)(C)C)no5)(CC3)CC4)C(=O)CC34CC(F)(C3)C4)c2)cn1. The number of pyridine rings is 1. The number of aromatic nitrogens is 5. The van der Waals surface area contributed by atoms with Gasteiger partial charge in [0.25, 0.3) is 0 Å². The highest BCUT2D eigenvalue weighted by Gasteiger charge is 2.69. The maximum atomic E-state index is 14.4. The Morgan fingerprint density at radius 1 is 0.977 bits per heavy atom. The van der Waals surface area contributed by atoms with Gasteiger partial charge in [-0.2, -0.15) is 4.98 Å². The van der Waals surface area contributed by atoms with Crippen LogP contribution < -0.4 is 9.64 Å². The number of hydrogen-bond acceptors (Lipinski definition) is 8. The largest absolute Gasteiger partial charge is 0.464 e. The van der Waals surface area contributed by atoms with Crippen molar-refractivity contribution in [2.75, 3.05) is 18.1 Å². The van der Waals surface area contributed by atoms with Gasteiger partial charge in [0.15, 0.2) is 5.82 Å². The van der Waals surface area contributed by atoms with Gasteiger partial charge < -0.3 is 14.2 Å². The van der Waals surface area contributed by atoms with Crippen molar-refractivity contribution in [2.24, 2.45) is 10.8 Å². The summed E-state index contributed by atoms with van der Waals surface area (Å²) in [4.78, 5) is 34.0. The van der Waals surface area contributed by atoms with Crippen molar-refractivity contribution in [1.29, 1.82) is 0 Å². The summed E-state index contributed by atoms with van der Waals surface area (Å²) in [6.07, 6.45) is 14.8. The van der Waals surface area contributed by atoms with Gasteiger partial charge in [-0.3, -0.25) is 9.78 Å². The van der Waals surface area contributed by atoms with E-state index in [9.17, 15) is 9.18 Å². The predicted octanol–water partition coefficient (Wildman–Crippen LogP) is 6.53. The van der Waals surface area contributed by atoms with Crippen LogP contribution in [0, 0.1) is 10.8 Å². The lowest BCUT2D eigenvalue weighted by Gasteiger charge is -2.66. The van der Waals surface area contributed by atoms with Crippen LogP contribution in [0.15, 0.2) is 35.4 Å². The first-order valence-corrected chi connectivity index (χ1v) is 15.7. The molecule has 0 aliphatic heterocycles. The monoisotopic (exact) mass is 588 g/mol. The fourth-order valence-electron chi connectivity index (χ4n) is 8.09. The Morgan fingerprint density at radius 2 is 1.65 bits per heavy atom. The minimum atomic E-state index is -1.03. The van der Waals surface area contributed by atoms with E-state index in [4.69, 9.17) is 14.2 Å². The Morgan fingerprint density at radius 3 is 2.23 bits per heavy atom.